The van der Waals surface area contributed by atoms with E-state index in [1.807, 2.05) is 0 Å². The third kappa shape index (κ3) is 4.21. The molecule has 0 saturated heterocycles. The first-order chi connectivity index (χ1) is 10.3. The third-order valence-corrected chi connectivity index (χ3v) is 6.13. The average molecular weight is 292 g/mol. The van der Waals surface area contributed by atoms with Gasteiger partial charge in [0.2, 0.25) is 5.91 Å². The van der Waals surface area contributed by atoms with Crippen LogP contribution < -0.4 is 10.6 Å². The van der Waals surface area contributed by atoms with Crippen molar-refractivity contribution in [3.8, 4) is 0 Å². The Labute approximate surface area is 129 Å². The quantitative estimate of drug-likeness (QED) is 0.756. The molecular weight excluding hydrogens is 260 g/mol. The second kappa shape index (κ2) is 7.62. The summed E-state index contributed by atoms with van der Waals surface area (Å²) in [6.07, 6.45) is 15.0. The summed E-state index contributed by atoms with van der Waals surface area (Å²) in [4.78, 5) is 12.0. The van der Waals surface area contributed by atoms with Gasteiger partial charge in [0.25, 0.3) is 0 Å². The Hall–Kier alpha value is -0.570. The SMILES string of the molecule is O=C(CNC(C1CCCC1)C1CCCC1)NCC1CCC1. The van der Waals surface area contributed by atoms with Gasteiger partial charge in [-0.2, -0.15) is 0 Å². The fourth-order valence-electron chi connectivity index (χ4n) is 4.58. The maximum absolute atomic E-state index is 12.0. The van der Waals surface area contributed by atoms with E-state index in [9.17, 15) is 4.79 Å². The topological polar surface area (TPSA) is 41.1 Å². The molecule has 0 heterocycles. The molecule has 0 radical (unpaired) electrons. The van der Waals surface area contributed by atoms with Crippen LogP contribution in [0.2, 0.25) is 0 Å². The van der Waals surface area contributed by atoms with E-state index in [-0.39, 0.29) is 5.91 Å². The van der Waals surface area contributed by atoms with Crippen LogP contribution in [0.3, 0.4) is 0 Å². The molecule has 120 valence electrons. The van der Waals surface area contributed by atoms with E-state index < -0.39 is 0 Å². The molecule has 0 aromatic carbocycles. The summed E-state index contributed by atoms with van der Waals surface area (Å²) in [7, 11) is 0. The maximum atomic E-state index is 12.0. The Morgan fingerprint density at radius 2 is 1.43 bits per heavy atom. The van der Waals surface area contributed by atoms with Crippen molar-refractivity contribution >= 4 is 5.91 Å². The minimum absolute atomic E-state index is 0.211. The van der Waals surface area contributed by atoms with Crippen molar-refractivity contribution in [1.29, 1.82) is 0 Å². The molecule has 0 atom stereocenters. The molecule has 21 heavy (non-hydrogen) atoms. The third-order valence-electron chi connectivity index (χ3n) is 6.13. The second-order valence-corrected chi connectivity index (χ2v) is 7.60. The average Bonchev–Trinajstić information content (AvgIpc) is 3.10. The molecule has 0 aromatic heterocycles. The van der Waals surface area contributed by atoms with Crippen LogP contribution in [0.15, 0.2) is 0 Å². The van der Waals surface area contributed by atoms with Crippen molar-refractivity contribution in [3.63, 3.8) is 0 Å². The van der Waals surface area contributed by atoms with E-state index in [1.54, 1.807) is 0 Å². The first-order valence-electron chi connectivity index (χ1n) is 9.33. The fourth-order valence-corrected chi connectivity index (χ4v) is 4.58. The molecule has 0 aromatic rings. The Kier molecular flexibility index (Phi) is 5.56. The summed E-state index contributed by atoms with van der Waals surface area (Å²) in [5.74, 6) is 2.62. The van der Waals surface area contributed by atoms with Gasteiger partial charge in [-0.3, -0.25) is 4.79 Å². The first kappa shape index (κ1) is 15.3. The van der Waals surface area contributed by atoms with Crippen LogP contribution in [0.4, 0.5) is 0 Å². The van der Waals surface area contributed by atoms with Crippen molar-refractivity contribution in [2.24, 2.45) is 17.8 Å². The standard InChI is InChI=1S/C18H32N2O/c21-17(19-12-14-6-5-7-14)13-20-18(15-8-1-2-9-15)16-10-3-4-11-16/h14-16,18,20H,1-13H2,(H,19,21). The van der Waals surface area contributed by atoms with Crippen molar-refractivity contribution in [1.82, 2.24) is 10.6 Å². The molecule has 3 fully saturated rings. The molecule has 3 heteroatoms. The number of carbonyl (C=O) groups is 1. The van der Waals surface area contributed by atoms with Crippen molar-refractivity contribution in [2.75, 3.05) is 13.1 Å². The number of hydrogen-bond acceptors (Lipinski definition) is 2. The smallest absolute Gasteiger partial charge is 0.233 e. The monoisotopic (exact) mass is 292 g/mol. The zero-order valence-electron chi connectivity index (χ0n) is 13.4. The van der Waals surface area contributed by atoms with Crippen LogP contribution in [0, 0.1) is 17.8 Å². The predicted molar refractivity (Wildman–Crippen MR) is 86.1 cm³/mol. The molecule has 0 unspecified atom stereocenters. The van der Waals surface area contributed by atoms with E-state index in [4.69, 9.17) is 0 Å². The van der Waals surface area contributed by atoms with Crippen LogP contribution in [-0.2, 0) is 4.79 Å². The molecule has 3 aliphatic rings. The summed E-state index contributed by atoms with van der Waals surface area (Å²) < 4.78 is 0. The largest absolute Gasteiger partial charge is 0.355 e. The molecule has 0 bridgehead atoms. The van der Waals surface area contributed by atoms with Crippen molar-refractivity contribution < 1.29 is 4.79 Å². The van der Waals surface area contributed by atoms with Gasteiger partial charge in [0, 0.05) is 12.6 Å². The highest BCUT2D eigenvalue weighted by Crippen LogP contribution is 2.37. The van der Waals surface area contributed by atoms with Gasteiger partial charge in [-0.25, -0.2) is 0 Å². The highest BCUT2D eigenvalue weighted by molar-refractivity contribution is 5.78. The van der Waals surface area contributed by atoms with Crippen molar-refractivity contribution in [3.05, 3.63) is 0 Å². The number of amides is 1. The van der Waals surface area contributed by atoms with E-state index in [0.717, 1.165) is 24.3 Å². The highest BCUT2D eigenvalue weighted by Gasteiger charge is 2.33. The lowest BCUT2D eigenvalue weighted by molar-refractivity contribution is -0.120. The van der Waals surface area contributed by atoms with Crippen molar-refractivity contribution in [2.45, 2.75) is 76.7 Å². The van der Waals surface area contributed by atoms with Gasteiger partial charge < -0.3 is 10.6 Å². The first-order valence-corrected chi connectivity index (χ1v) is 9.33. The summed E-state index contributed by atoms with van der Waals surface area (Å²) in [5.41, 5.74) is 0. The number of rotatable bonds is 7. The van der Waals surface area contributed by atoms with Crippen LogP contribution >= 0.6 is 0 Å². The Morgan fingerprint density at radius 1 is 0.857 bits per heavy atom. The molecular formula is C18H32N2O. The predicted octanol–water partition coefficient (Wildman–Crippen LogP) is 3.24. The van der Waals surface area contributed by atoms with E-state index in [0.29, 0.717) is 12.6 Å². The minimum atomic E-state index is 0.211. The van der Waals surface area contributed by atoms with Crippen LogP contribution in [0.5, 0.6) is 0 Å². The number of hydrogen-bond donors (Lipinski definition) is 2. The Balaban J connectivity index is 1.43. The maximum Gasteiger partial charge on any atom is 0.233 e. The highest BCUT2D eigenvalue weighted by atomic mass is 16.1. The second-order valence-electron chi connectivity index (χ2n) is 7.60. The van der Waals surface area contributed by atoms with Gasteiger partial charge in [0.1, 0.15) is 0 Å². The molecule has 3 saturated carbocycles. The normalized spacial score (nSPS) is 24.6. The van der Waals surface area contributed by atoms with E-state index in [1.165, 1.54) is 70.6 Å². The summed E-state index contributed by atoms with van der Waals surface area (Å²) in [5, 5.41) is 6.77. The molecule has 0 spiro atoms. The molecule has 3 rings (SSSR count). The number of nitrogens with one attached hydrogen (secondary N) is 2. The zero-order chi connectivity index (χ0) is 14.5. The van der Waals surface area contributed by atoms with Crippen LogP contribution in [-0.4, -0.2) is 25.0 Å². The van der Waals surface area contributed by atoms with Gasteiger partial charge in [-0.15, -0.1) is 0 Å². The minimum Gasteiger partial charge on any atom is -0.355 e. The van der Waals surface area contributed by atoms with Gasteiger partial charge in [0.15, 0.2) is 0 Å². The Morgan fingerprint density at radius 3 is 1.90 bits per heavy atom. The molecule has 3 aliphatic carbocycles. The lowest BCUT2D eigenvalue weighted by Crippen LogP contribution is -2.46. The van der Waals surface area contributed by atoms with E-state index in [2.05, 4.69) is 10.6 Å². The van der Waals surface area contributed by atoms with Crippen LogP contribution in [0.1, 0.15) is 70.6 Å². The van der Waals surface area contributed by atoms with Gasteiger partial charge >= 0.3 is 0 Å². The lowest BCUT2D eigenvalue weighted by atomic mass is 9.85. The van der Waals surface area contributed by atoms with Gasteiger partial charge in [-0.05, 0) is 56.3 Å². The molecule has 0 aliphatic heterocycles. The molecule has 3 nitrogen and oxygen atoms in total. The zero-order valence-corrected chi connectivity index (χ0v) is 13.4. The number of carbonyl (C=O) groups excluding carboxylic acids is 1. The summed E-state index contributed by atoms with van der Waals surface area (Å²) in [6, 6.07) is 0.601. The Bertz CT molecular complexity index is 312. The lowest BCUT2D eigenvalue weighted by Gasteiger charge is -2.30. The van der Waals surface area contributed by atoms with E-state index >= 15 is 0 Å². The molecule has 2 N–H and O–H groups in total. The summed E-state index contributed by atoms with van der Waals surface area (Å²) in [6.45, 7) is 1.43. The summed E-state index contributed by atoms with van der Waals surface area (Å²) >= 11 is 0. The van der Waals surface area contributed by atoms with Gasteiger partial charge in [0.05, 0.1) is 6.54 Å². The molecule has 1 amide bonds. The van der Waals surface area contributed by atoms with Crippen LogP contribution in [0.25, 0.3) is 0 Å². The van der Waals surface area contributed by atoms with Gasteiger partial charge in [-0.1, -0.05) is 32.1 Å². The fraction of sp³-hybridized carbons (Fsp3) is 0.944.